The van der Waals surface area contributed by atoms with Crippen molar-refractivity contribution in [2.75, 3.05) is 11.9 Å². The predicted molar refractivity (Wildman–Crippen MR) is 152 cm³/mol. The Kier molecular flexibility index (Phi) is 7.64. The van der Waals surface area contributed by atoms with Gasteiger partial charge in [0.2, 0.25) is 5.91 Å². The number of hydrogen-bond acceptors (Lipinski definition) is 6. The molecule has 4 aromatic rings. The molecule has 0 aliphatic carbocycles. The van der Waals surface area contributed by atoms with E-state index < -0.39 is 4.92 Å². The van der Waals surface area contributed by atoms with E-state index in [1.54, 1.807) is 18.3 Å². The molecule has 1 aliphatic heterocycles. The molecule has 39 heavy (non-hydrogen) atoms. The number of aromatic nitrogens is 1. The van der Waals surface area contributed by atoms with Crippen molar-refractivity contribution in [1.29, 1.82) is 0 Å². The number of non-ortho nitro benzene ring substituents is 1. The van der Waals surface area contributed by atoms with Gasteiger partial charge in [-0.3, -0.25) is 19.9 Å². The average Bonchev–Trinajstić information content (AvgIpc) is 3.57. The summed E-state index contributed by atoms with van der Waals surface area (Å²) in [6.45, 7) is 2.42. The van der Waals surface area contributed by atoms with Crippen molar-refractivity contribution in [1.82, 2.24) is 15.2 Å². The molecule has 2 aromatic heterocycles. The number of benzene rings is 2. The summed E-state index contributed by atoms with van der Waals surface area (Å²) >= 11 is 5.70. The Labute approximate surface area is 231 Å². The minimum atomic E-state index is -0.436. The number of aryl methyl sites for hydroxylation is 1. The van der Waals surface area contributed by atoms with E-state index in [0.29, 0.717) is 23.2 Å². The monoisotopic (exact) mass is 541 g/mol. The third kappa shape index (κ3) is 5.65. The van der Waals surface area contributed by atoms with E-state index in [0.717, 1.165) is 28.9 Å². The van der Waals surface area contributed by atoms with Gasteiger partial charge >= 0.3 is 0 Å². The van der Waals surface area contributed by atoms with Gasteiger partial charge in [-0.1, -0.05) is 31.2 Å². The highest BCUT2D eigenvalue weighted by atomic mass is 32.1. The largest absolute Gasteiger partial charge is 0.459 e. The second-order valence-electron chi connectivity index (χ2n) is 9.13. The highest BCUT2D eigenvalue weighted by Gasteiger charge is 2.41. The van der Waals surface area contributed by atoms with Crippen LogP contribution in [0.5, 0.6) is 0 Å². The van der Waals surface area contributed by atoms with Crippen LogP contribution in [0.25, 0.3) is 11.3 Å². The molecule has 198 valence electrons. The van der Waals surface area contributed by atoms with Crippen molar-refractivity contribution in [2.45, 2.75) is 31.8 Å². The molecule has 2 atom stereocenters. The molecule has 0 bridgehead atoms. The van der Waals surface area contributed by atoms with Gasteiger partial charge in [0, 0.05) is 42.5 Å². The second-order valence-corrected chi connectivity index (χ2v) is 9.52. The van der Waals surface area contributed by atoms with Crippen LogP contribution in [0, 0.1) is 10.1 Å². The third-order valence-corrected chi connectivity index (χ3v) is 7.08. The lowest BCUT2D eigenvalue weighted by atomic mass is 10.0. The van der Waals surface area contributed by atoms with E-state index in [1.807, 2.05) is 59.5 Å². The summed E-state index contributed by atoms with van der Waals surface area (Å²) in [5.41, 5.74) is 3.41. The van der Waals surface area contributed by atoms with Crippen LogP contribution in [0.4, 0.5) is 11.4 Å². The number of nitrogens with zero attached hydrogens (tertiary/aromatic N) is 3. The number of rotatable bonds is 9. The summed E-state index contributed by atoms with van der Waals surface area (Å²) < 4.78 is 6.28. The van der Waals surface area contributed by atoms with E-state index >= 15 is 0 Å². The molecule has 0 saturated carbocycles. The maximum atomic E-state index is 12.9. The Morgan fingerprint density at radius 1 is 1.10 bits per heavy atom. The third-order valence-electron chi connectivity index (χ3n) is 6.73. The van der Waals surface area contributed by atoms with Crippen molar-refractivity contribution in [2.24, 2.45) is 0 Å². The van der Waals surface area contributed by atoms with Crippen molar-refractivity contribution in [3.8, 4) is 11.3 Å². The highest BCUT2D eigenvalue weighted by Crippen LogP contribution is 2.40. The first-order chi connectivity index (χ1) is 18.9. The lowest BCUT2D eigenvalue weighted by molar-refractivity contribution is -0.384. The van der Waals surface area contributed by atoms with Crippen LogP contribution in [0.3, 0.4) is 0 Å². The van der Waals surface area contributed by atoms with Gasteiger partial charge in [-0.2, -0.15) is 0 Å². The molecule has 2 unspecified atom stereocenters. The lowest BCUT2D eigenvalue weighted by Gasteiger charge is -2.26. The fraction of sp³-hybridized carbons (Fsp3) is 0.207. The van der Waals surface area contributed by atoms with E-state index in [9.17, 15) is 14.9 Å². The number of furan rings is 1. The molecule has 2 aromatic carbocycles. The van der Waals surface area contributed by atoms with Crippen LogP contribution in [-0.4, -0.2) is 32.4 Å². The van der Waals surface area contributed by atoms with Crippen LogP contribution in [0.1, 0.15) is 42.4 Å². The first kappa shape index (κ1) is 26.1. The first-order valence-electron chi connectivity index (χ1n) is 12.6. The van der Waals surface area contributed by atoms with Crippen LogP contribution >= 0.6 is 12.2 Å². The highest BCUT2D eigenvalue weighted by molar-refractivity contribution is 7.80. The van der Waals surface area contributed by atoms with Crippen molar-refractivity contribution in [3.05, 3.63) is 112 Å². The van der Waals surface area contributed by atoms with Crippen molar-refractivity contribution >= 4 is 34.6 Å². The molecule has 10 heteroatoms. The summed E-state index contributed by atoms with van der Waals surface area (Å²) in [5, 5.41) is 17.9. The number of amides is 1. The van der Waals surface area contributed by atoms with Crippen molar-refractivity contribution in [3.63, 3.8) is 0 Å². The zero-order chi connectivity index (χ0) is 27.4. The van der Waals surface area contributed by atoms with E-state index in [4.69, 9.17) is 16.6 Å². The molecule has 0 radical (unpaired) electrons. The zero-order valence-corrected chi connectivity index (χ0v) is 22.1. The Bertz CT molecular complexity index is 1490. The Morgan fingerprint density at radius 2 is 1.87 bits per heavy atom. The van der Waals surface area contributed by atoms with E-state index in [-0.39, 0.29) is 30.1 Å². The molecule has 3 heterocycles. The van der Waals surface area contributed by atoms with Gasteiger partial charge in [-0.25, -0.2) is 0 Å². The number of nitro benzene ring substituents is 1. The minimum absolute atomic E-state index is 0.0112. The topological polar surface area (TPSA) is 114 Å². The van der Waals surface area contributed by atoms with Gasteiger partial charge in [-0.05, 0) is 66.7 Å². The van der Waals surface area contributed by atoms with Crippen LogP contribution in [0.2, 0.25) is 0 Å². The summed E-state index contributed by atoms with van der Waals surface area (Å²) in [5.74, 6) is 1.11. The van der Waals surface area contributed by atoms with Gasteiger partial charge < -0.3 is 20.0 Å². The smallest absolute Gasteiger partial charge is 0.269 e. The minimum Gasteiger partial charge on any atom is -0.459 e. The zero-order valence-electron chi connectivity index (χ0n) is 21.2. The number of nitro groups is 1. The first-order valence-corrected chi connectivity index (χ1v) is 13.1. The van der Waals surface area contributed by atoms with Gasteiger partial charge in [0.05, 0.1) is 16.7 Å². The number of hydrogen-bond donors (Lipinski definition) is 2. The standard InChI is InChI=1S/C29H27N5O4S/c1-2-19-7-3-4-8-22(19)31-26(35)16-18-33-28(27(32-29(33)39)23-9-5-6-17-30-23)25-15-14-24(38-25)20-10-12-21(13-11-20)34(36)37/h3-15,17,27-28H,2,16,18H2,1H3,(H,31,35)(H,32,39). The molecule has 1 fully saturated rings. The number of carbonyl (C=O) groups excluding carboxylic acids is 1. The average molecular weight is 542 g/mol. The predicted octanol–water partition coefficient (Wildman–Crippen LogP) is 5.81. The molecular formula is C29H27N5O4S. The van der Waals surface area contributed by atoms with Crippen molar-refractivity contribution < 1.29 is 14.1 Å². The number of nitrogens with one attached hydrogen (secondary N) is 2. The van der Waals surface area contributed by atoms with Gasteiger partial charge in [0.15, 0.2) is 5.11 Å². The second kappa shape index (κ2) is 11.4. The molecule has 1 saturated heterocycles. The molecular weight excluding hydrogens is 514 g/mol. The number of para-hydroxylation sites is 1. The normalized spacial score (nSPS) is 16.6. The van der Waals surface area contributed by atoms with Gasteiger partial charge in [0.25, 0.3) is 5.69 Å². The fourth-order valence-electron chi connectivity index (χ4n) is 4.75. The number of carbonyl (C=O) groups is 1. The van der Waals surface area contributed by atoms with Crippen LogP contribution in [0.15, 0.2) is 89.5 Å². The maximum Gasteiger partial charge on any atom is 0.269 e. The molecule has 5 rings (SSSR count). The number of thiocarbonyl (C=S) groups is 1. The van der Waals surface area contributed by atoms with E-state index in [1.165, 1.54) is 12.1 Å². The lowest BCUT2D eigenvalue weighted by Crippen LogP contribution is -2.32. The molecule has 1 amide bonds. The maximum absolute atomic E-state index is 12.9. The molecule has 0 spiro atoms. The Hall–Kier alpha value is -4.57. The number of anilines is 1. The van der Waals surface area contributed by atoms with Gasteiger partial charge in [-0.15, -0.1) is 0 Å². The van der Waals surface area contributed by atoms with Crippen LogP contribution in [-0.2, 0) is 11.2 Å². The molecule has 2 N–H and O–H groups in total. The molecule has 1 aliphatic rings. The Morgan fingerprint density at radius 3 is 2.59 bits per heavy atom. The summed E-state index contributed by atoms with van der Waals surface area (Å²) in [7, 11) is 0. The summed E-state index contributed by atoms with van der Waals surface area (Å²) in [6, 6.07) is 22.7. The quantitative estimate of drug-likeness (QED) is 0.155. The fourth-order valence-corrected chi connectivity index (χ4v) is 5.09. The van der Waals surface area contributed by atoms with Gasteiger partial charge in [0.1, 0.15) is 17.6 Å². The number of pyridine rings is 1. The van der Waals surface area contributed by atoms with Crippen LogP contribution < -0.4 is 10.6 Å². The SMILES string of the molecule is CCc1ccccc1NC(=O)CCN1C(=S)NC(c2ccccn2)C1c1ccc(-c2ccc([N+](=O)[O-])cc2)o1. The summed E-state index contributed by atoms with van der Waals surface area (Å²) in [4.78, 5) is 30.0. The Balaban J connectivity index is 1.39. The van der Waals surface area contributed by atoms with E-state index in [2.05, 4.69) is 22.5 Å². The molecule has 9 nitrogen and oxygen atoms in total. The summed E-state index contributed by atoms with van der Waals surface area (Å²) in [6.07, 6.45) is 2.77.